The first-order valence-electron chi connectivity index (χ1n) is 3.79. The van der Waals surface area contributed by atoms with Crippen LogP contribution in [-0.4, -0.2) is 19.8 Å². The number of hydrogen-bond donors (Lipinski definition) is 2. The molecule has 0 aromatic heterocycles. The Labute approximate surface area is 82.0 Å². The lowest BCUT2D eigenvalue weighted by atomic mass is 10.2. The van der Waals surface area contributed by atoms with E-state index in [2.05, 4.69) is 4.84 Å². The van der Waals surface area contributed by atoms with E-state index in [1.165, 1.54) is 18.2 Å². The maximum Gasteiger partial charge on any atom is 0.179 e. The molecule has 14 heavy (non-hydrogen) atoms. The molecular weight excluding hydrogens is 206 g/mol. The van der Waals surface area contributed by atoms with Crippen LogP contribution >= 0.6 is 0 Å². The van der Waals surface area contributed by atoms with Crippen molar-refractivity contribution in [3.63, 3.8) is 0 Å². The summed E-state index contributed by atoms with van der Waals surface area (Å²) in [5.41, 5.74) is 0.343. The van der Waals surface area contributed by atoms with Crippen molar-refractivity contribution >= 4 is 9.84 Å². The number of phenolic OH excluding ortho intramolecular Hbond substituents is 1. The molecule has 0 spiro atoms. The van der Waals surface area contributed by atoms with Gasteiger partial charge in [0.25, 0.3) is 0 Å². The Morgan fingerprint density at radius 3 is 2.64 bits per heavy atom. The molecule has 0 saturated heterocycles. The molecule has 5 nitrogen and oxygen atoms in total. The number of hydrogen-bond acceptors (Lipinski definition) is 5. The van der Waals surface area contributed by atoms with Gasteiger partial charge in [0.1, 0.15) is 10.6 Å². The smallest absolute Gasteiger partial charge is 0.179 e. The van der Waals surface area contributed by atoms with E-state index in [1.54, 1.807) is 0 Å². The monoisotopic (exact) mass is 217 g/mol. The summed E-state index contributed by atoms with van der Waals surface area (Å²) in [4.78, 5) is 4.21. The van der Waals surface area contributed by atoms with Gasteiger partial charge in [0.2, 0.25) is 0 Å². The number of benzene rings is 1. The van der Waals surface area contributed by atoms with Gasteiger partial charge in [-0.05, 0) is 6.07 Å². The van der Waals surface area contributed by atoms with Crippen molar-refractivity contribution in [2.75, 3.05) is 6.26 Å². The van der Waals surface area contributed by atoms with Gasteiger partial charge in [-0.25, -0.2) is 14.3 Å². The van der Waals surface area contributed by atoms with Gasteiger partial charge in [0.15, 0.2) is 9.84 Å². The second-order valence-electron chi connectivity index (χ2n) is 2.85. The SMILES string of the molecule is CS(=O)(=O)c1c(O)cccc1CON. The first-order valence-corrected chi connectivity index (χ1v) is 5.68. The molecule has 6 heteroatoms. The van der Waals surface area contributed by atoms with Crippen LogP contribution in [0.1, 0.15) is 5.56 Å². The Balaban J connectivity index is 3.37. The molecule has 0 saturated carbocycles. The molecule has 1 aromatic carbocycles. The number of rotatable bonds is 3. The normalized spacial score (nSPS) is 11.6. The van der Waals surface area contributed by atoms with Crippen LogP contribution in [0.3, 0.4) is 0 Å². The predicted molar refractivity (Wildman–Crippen MR) is 50.2 cm³/mol. The fourth-order valence-electron chi connectivity index (χ4n) is 1.20. The summed E-state index contributed by atoms with van der Waals surface area (Å²) in [5.74, 6) is 4.56. The van der Waals surface area contributed by atoms with Gasteiger partial charge in [0, 0.05) is 11.8 Å². The molecule has 0 fully saturated rings. The molecule has 0 aliphatic carbocycles. The molecular formula is C8H11NO4S. The molecule has 1 rings (SSSR count). The zero-order valence-electron chi connectivity index (χ0n) is 7.60. The van der Waals surface area contributed by atoms with Crippen molar-refractivity contribution in [3.05, 3.63) is 23.8 Å². The average Bonchev–Trinajstić information content (AvgIpc) is 2.02. The fraction of sp³-hybridized carbons (Fsp3) is 0.250. The third-order valence-electron chi connectivity index (χ3n) is 1.69. The van der Waals surface area contributed by atoms with E-state index < -0.39 is 9.84 Å². The highest BCUT2D eigenvalue weighted by molar-refractivity contribution is 7.90. The predicted octanol–water partition coefficient (Wildman–Crippen LogP) is 0.186. The first-order chi connectivity index (χ1) is 6.46. The maximum absolute atomic E-state index is 11.3. The number of aromatic hydroxyl groups is 1. The molecule has 0 aliphatic heterocycles. The number of nitrogens with two attached hydrogens (primary N) is 1. The van der Waals surface area contributed by atoms with E-state index >= 15 is 0 Å². The van der Waals surface area contributed by atoms with Crippen molar-refractivity contribution in [3.8, 4) is 5.75 Å². The second kappa shape index (κ2) is 3.95. The second-order valence-corrected chi connectivity index (χ2v) is 4.80. The maximum atomic E-state index is 11.3. The van der Waals surface area contributed by atoms with Crippen molar-refractivity contribution in [2.45, 2.75) is 11.5 Å². The van der Waals surface area contributed by atoms with Crippen LogP contribution in [-0.2, 0) is 21.3 Å². The minimum Gasteiger partial charge on any atom is -0.507 e. The average molecular weight is 217 g/mol. The van der Waals surface area contributed by atoms with E-state index in [-0.39, 0.29) is 17.3 Å². The zero-order chi connectivity index (χ0) is 10.8. The van der Waals surface area contributed by atoms with Gasteiger partial charge in [-0.2, -0.15) is 0 Å². The molecule has 0 bridgehead atoms. The Kier molecular flexibility index (Phi) is 3.10. The third-order valence-corrected chi connectivity index (χ3v) is 2.90. The summed E-state index contributed by atoms with van der Waals surface area (Å²) in [7, 11) is -3.47. The van der Waals surface area contributed by atoms with Crippen molar-refractivity contribution in [1.82, 2.24) is 0 Å². The highest BCUT2D eigenvalue weighted by Crippen LogP contribution is 2.26. The van der Waals surface area contributed by atoms with Crippen LogP contribution in [0.2, 0.25) is 0 Å². The van der Waals surface area contributed by atoms with Crippen molar-refractivity contribution in [2.24, 2.45) is 5.90 Å². The van der Waals surface area contributed by atoms with Crippen LogP contribution in [0.5, 0.6) is 5.75 Å². The Hall–Kier alpha value is -1.11. The van der Waals surface area contributed by atoms with Crippen LogP contribution < -0.4 is 5.90 Å². The minimum absolute atomic E-state index is 0.0587. The molecule has 1 aromatic rings. The van der Waals surface area contributed by atoms with Crippen molar-refractivity contribution < 1.29 is 18.4 Å². The standard InChI is InChI=1S/C8H11NO4S/c1-14(11,12)8-6(5-13-9)3-2-4-7(8)10/h2-4,10H,5,9H2,1H3. The van der Waals surface area contributed by atoms with Gasteiger partial charge < -0.3 is 5.11 Å². The highest BCUT2D eigenvalue weighted by Gasteiger charge is 2.17. The highest BCUT2D eigenvalue weighted by atomic mass is 32.2. The van der Waals surface area contributed by atoms with Crippen LogP contribution in [0.25, 0.3) is 0 Å². The lowest BCUT2D eigenvalue weighted by molar-refractivity contribution is 0.122. The Bertz CT molecular complexity index is 427. The van der Waals surface area contributed by atoms with Gasteiger partial charge >= 0.3 is 0 Å². The molecule has 3 N–H and O–H groups in total. The molecule has 0 radical (unpaired) electrons. The molecule has 0 amide bonds. The van der Waals surface area contributed by atoms with Crippen LogP contribution in [0.15, 0.2) is 23.1 Å². The quantitative estimate of drug-likeness (QED) is 0.705. The largest absolute Gasteiger partial charge is 0.507 e. The van der Waals surface area contributed by atoms with E-state index in [0.717, 1.165) is 6.26 Å². The summed E-state index contributed by atoms with van der Waals surface area (Å²) in [6.07, 6.45) is 1.02. The van der Waals surface area contributed by atoms with E-state index in [0.29, 0.717) is 5.56 Å². The fourth-order valence-corrected chi connectivity index (χ4v) is 2.25. The number of phenols is 1. The van der Waals surface area contributed by atoms with Gasteiger partial charge in [-0.15, -0.1) is 0 Å². The van der Waals surface area contributed by atoms with Crippen molar-refractivity contribution in [1.29, 1.82) is 0 Å². The summed E-state index contributed by atoms with van der Waals surface area (Å²) < 4.78 is 22.6. The molecule has 78 valence electrons. The molecule has 0 aliphatic rings. The number of sulfone groups is 1. The lowest BCUT2D eigenvalue weighted by Gasteiger charge is -2.07. The summed E-state index contributed by atoms with van der Waals surface area (Å²) in [6, 6.07) is 4.36. The third kappa shape index (κ3) is 2.22. The van der Waals surface area contributed by atoms with Gasteiger partial charge in [-0.1, -0.05) is 12.1 Å². The summed E-state index contributed by atoms with van der Waals surface area (Å²) >= 11 is 0. The minimum atomic E-state index is -3.47. The lowest BCUT2D eigenvalue weighted by Crippen LogP contribution is -2.06. The Morgan fingerprint density at radius 1 is 1.50 bits per heavy atom. The molecule has 0 unspecified atom stereocenters. The molecule has 0 atom stereocenters. The first kappa shape index (κ1) is 11.0. The Morgan fingerprint density at radius 2 is 2.14 bits per heavy atom. The topological polar surface area (TPSA) is 89.6 Å². The van der Waals surface area contributed by atoms with E-state index in [4.69, 9.17) is 5.90 Å². The van der Waals surface area contributed by atoms with Gasteiger partial charge in [0.05, 0.1) is 6.61 Å². The van der Waals surface area contributed by atoms with Crippen LogP contribution in [0.4, 0.5) is 0 Å². The molecule has 0 heterocycles. The van der Waals surface area contributed by atoms with Gasteiger partial charge in [-0.3, -0.25) is 4.84 Å². The van der Waals surface area contributed by atoms with E-state index in [1.807, 2.05) is 0 Å². The summed E-state index contributed by atoms with van der Waals surface area (Å²) in [5, 5.41) is 9.38. The van der Waals surface area contributed by atoms with E-state index in [9.17, 15) is 13.5 Å². The summed E-state index contributed by atoms with van der Waals surface area (Å²) in [6.45, 7) is -0.0587. The van der Waals surface area contributed by atoms with Crippen LogP contribution in [0, 0.1) is 0 Å². The zero-order valence-corrected chi connectivity index (χ0v) is 8.41.